The molecule has 1 aliphatic carbocycles. The van der Waals surface area contributed by atoms with Gasteiger partial charge in [-0.1, -0.05) is 17.7 Å². The van der Waals surface area contributed by atoms with Crippen LogP contribution in [0.2, 0.25) is 5.15 Å². The molecular weight excluding hydrogens is 302 g/mol. The van der Waals surface area contributed by atoms with Crippen LogP contribution in [-0.2, 0) is 6.54 Å². The van der Waals surface area contributed by atoms with Crippen LogP contribution in [0.3, 0.4) is 0 Å². The highest BCUT2D eigenvalue weighted by Gasteiger charge is 2.27. The maximum atomic E-state index is 6.13. The first-order chi connectivity index (χ1) is 10.7. The first-order valence-electron chi connectivity index (χ1n) is 7.33. The first-order valence-corrected chi connectivity index (χ1v) is 7.71. The topological polar surface area (TPSA) is 47.5 Å². The zero-order valence-electron chi connectivity index (χ0n) is 12.3. The fourth-order valence-electron chi connectivity index (χ4n) is 2.54. The van der Waals surface area contributed by atoms with Gasteiger partial charge in [0.2, 0.25) is 6.79 Å². The molecule has 1 aliphatic heterocycles. The van der Waals surface area contributed by atoms with Gasteiger partial charge < -0.3 is 14.4 Å². The molecule has 0 amide bonds. The van der Waals surface area contributed by atoms with Crippen LogP contribution in [0.4, 0.5) is 5.82 Å². The Kier molecular flexibility index (Phi) is 3.30. The molecular formula is C16H16ClN3O2. The molecule has 0 bridgehead atoms. The molecule has 1 fully saturated rings. The van der Waals surface area contributed by atoms with Crippen molar-refractivity contribution in [1.82, 2.24) is 9.97 Å². The molecule has 1 aromatic heterocycles. The molecule has 2 aromatic rings. The third-order valence-corrected chi connectivity index (χ3v) is 4.08. The molecule has 4 rings (SSSR count). The van der Waals surface area contributed by atoms with Gasteiger partial charge in [0.05, 0.1) is 0 Å². The van der Waals surface area contributed by atoms with Gasteiger partial charge in [-0.2, -0.15) is 0 Å². The Morgan fingerprint density at radius 1 is 1.18 bits per heavy atom. The fraction of sp³-hybridized carbons (Fsp3) is 0.375. The Balaban J connectivity index is 1.55. The minimum atomic E-state index is 0.293. The number of benzene rings is 1. The largest absolute Gasteiger partial charge is 0.454 e. The molecule has 0 N–H and O–H groups in total. The highest BCUT2D eigenvalue weighted by molar-refractivity contribution is 6.29. The number of ether oxygens (including phenoxy) is 2. The molecule has 114 valence electrons. The second-order valence-corrected chi connectivity index (χ2v) is 6.11. The SMILES string of the molecule is CN(Cc1ccc2c(c1)OCO2)c1cc(Cl)nc(C2CC2)n1. The van der Waals surface area contributed by atoms with E-state index in [4.69, 9.17) is 21.1 Å². The number of anilines is 1. The van der Waals surface area contributed by atoms with E-state index >= 15 is 0 Å². The monoisotopic (exact) mass is 317 g/mol. The summed E-state index contributed by atoms with van der Waals surface area (Å²) in [6.07, 6.45) is 2.32. The lowest BCUT2D eigenvalue weighted by molar-refractivity contribution is 0.174. The van der Waals surface area contributed by atoms with E-state index in [9.17, 15) is 0 Å². The molecule has 0 unspecified atom stereocenters. The van der Waals surface area contributed by atoms with Crippen molar-refractivity contribution in [2.24, 2.45) is 0 Å². The van der Waals surface area contributed by atoms with Crippen LogP contribution in [-0.4, -0.2) is 23.8 Å². The number of fused-ring (bicyclic) bond motifs is 1. The van der Waals surface area contributed by atoms with Crippen LogP contribution in [0.15, 0.2) is 24.3 Å². The second kappa shape index (κ2) is 5.32. The average molecular weight is 318 g/mol. The number of hydrogen-bond donors (Lipinski definition) is 0. The molecule has 1 saturated carbocycles. The summed E-state index contributed by atoms with van der Waals surface area (Å²) < 4.78 is 10.8. The van der Waals surface area contributed by atoms with Crippen molar-refractivity contribution in [3.63, 3.8) is 0 Å². The van der Waals surface area contributed by atoms with E-state index in [-0.39, 0.29) is 0 Å². The smallest absolute Gasteiger partial charge is 0.231 e. The quantitative estimate of drug-likeness (QED) is 0.809. The third kappa shape index (κ3) is 2.68. The molecule has 22 heavy (non-hydrogen) atoms. The summed E-state index contributed by atoms with van der Waals surface area (Å²) >= 11 is 6.13. The molecule has 6 heteroatoms. The van der Waals surface area contributed by atoms with E-state index in [1.165, 1.54) is 0 Å². The number of rotatable bonds is 4. The van der Waals surface area contributed by atoms with Gasteiger partial charge in [-0.3, -0.25) is 0 Å². The van der Waals surface area contributed by atoms with Gasteiger partial charge in [0.15, 0.2) is 11.5 Å². The number of nitrogens with zero attached hydrogens (tertiary/aromatic N) is 3. The molecule has 0 spiro atoms. The molecule has 5 nitrogen and oxygen atoms in total. The van der Waals surface area contributed by atoms with Crippen LogP contribution in [0, 0.1) is 0 Å². The molecule has 0 radical (unpaired) electrons. The normalized spacial score (nSPS) is 15.9. The number of hydrogen-bond acceptors (Lipinski definition) is 5. The maximum Gasteiger partial charge on any atom is 0.231 e. The molecule has 2 heterocycles. The van der Waals surface area contributed by atoms with Crippen LogP contribution < -0.4 is 14.4 Å². The van der Waals surface area contributed by atoms with Crippen molar-refractivity contribution in [1.29, 1.82) is 0 Å². The molecule has 0 saturated heterocycles. The van der Waals surface area contributed by atoms with Gasteiger partial charge in [0.1, 0.15) is 16.8 Å². The Hall–Kier alpha value is -2.01. The predicted octanol–water partition coefficient (Wildman–Crippen LogP) is 3.37. The summed E-state index contributed by atoms with van der Waals surface area (Å²) in [5, 5.41) is 0.504. The lowest BCUT2D eigenvalue weighted by Gasteiger charge is -2.19. The Labute approximate surface area is 133 Å². The standard InChI is InChI=1S/C16H16ClN3O2/c1-20(8-10-2-5-12-13(6-10)22-9-21-12)15-7-14(17)18-16(19-15)11-3-4-11/h2,5-7,11H,3-4,8-9H2,1H3. The van der Waals surface area contributed by atoms with E-state index < -0.39 is 0 Å². The van der Waals surface area contributed by atoms with E-state index in [0.717, 1.165) is 41.5 Å². The fourth-order valence-corrected chi connectivity index (χ4v) is 2.72. The van der Waals surface area contributed by atoms with Crippen LogP contribution in [0.1, 0.15) is 30.1 Å². The Bertz CT molecular complexity index is 719. The molecule has 2 aliphatic rings. The van der Waals surface area contributed by atoms with Gasteiger partial charge >= 0.3 is 0 Å². The van der Waals surface area contributed by atoms with Crippen molar-refractivity contribution in [2.45, 2.75) is 25.3 Å². The van der Waals surface area contributed by atoms with Gasteiger partial charge in [0.25, 0.3) is 0 Å². The van der Waals surface area contributed by atoms with E-state index in [2.05, 4.69) is 14.9 Å². The second-order valence-electron chi connectivity index (χ2n) is 5.73. The van der Waals surface area contributed by atoms with Crippen molar-refractivity contribution < 1.29 is 9.47 Å². The van der Waals surface area contributed by atoms with E-state index in [0.29, 0.717) is 24.4 Å². The average Bonchev–Trinajstić information content (AvgIpc) is 3.25. The van der Waals surface area contributed by atoms with Crippen molar-refractivity contribution >= 4 is 17.4 Å². The van der Waals surface area contributed by atoms with E-state index in [1.54, 1.807) is 6.07 Å². The van der Waals surface area contributed by atoms with Crippen LogP contribution in [0.25, 0.3) is 0 Å². The van der Waals surface area contributed by atoms with Gasteiger partial charge in [-0.05, 0) is 30.5 Å². The highest BCUT2D eigenvalue weighted by Crippen LogP contribution is 2.39. The summed E-state index contributed by atoms with van der Waals surface area (Å²) in [5.74, 6) is 3.79. The van der Waals surface area contributed by atoms with E-state index in [1.807, 2.05) is 25.2 Å². The van der Waals surface area contributed by atoms with Crippen LogP contribution in [0.5, 0.6) is 11.5 Å². The summed E-state index contributed by atoms with van der Waals surface area (Å²) in [7, 11) is 2.00. The van der Waals surface area contributed by atoms with Crippen molar-refractivity contribution in [2.75, 3.05) is 18.7 Å². The van der Waals surface area contributed by atoms with Gasteiger partial charge in [-0.15, -0.1) is 0 Å². The minimum Gasteiger partial charge on any atom is -0.454 e. The Morgan fingerprint density at radius 3 is 2.82 bits per heavy atom. The summed E-state index contributed by atoms with van der Waals surface area (Å²) in [6.45, 7) is 1.01. The number of aromatic nitrogens is 2. The highest BCUT2D eigenvalue weighted by atomic mass is 35.5. The Morgan fingerprint density at radius 2 is 2.00 bits per heavy atom. The molecule has 1 aromatic carbocycles. The van der Waals surface area contributed by atoms with Crippen molar-refractivity contribution in [3.8, 4) is 11.5 Å². The van der Waals surface area contributed by atoms with Gasteiger partial charge in [0, 0.05) is 25.6 Å². The molecule has 0 atom stereocenters. The van der Waals surface area contributed by atoms with Crippen LogP contribution >= 0.6 is 11.6 Å². The third-order valence-electron chi connectivity index (χ3n) is 3.89. The first kappa shape index (κ1) is 13.6. The summed E-state index contributed by atoms with van der Waals surface area (Å²) in [6, 6.07) is 7.78. The maximum absolute atomic E-state index is 6.13. The summed E-state index contributed by atoms with van der Waals surface area (Å²) in [4.78, 5) is 11.0. The zero-order valence-corrected chi connectivity index (χ0v) is 13.0. The summed E-state index contributed by atoms with van der Waals surface area (Å²) in [5.41, 5.74) is 1.13. The minimum absolute atomic E-state index is 0.293. The van der Waals surface area contributed by atoms with Gasteiger partial charge in [-0.25, -0.2) is 9.97 Å². The number of halogens is 1. The van der Waals surface area contributed by atoms with Crippen molar-refractivity contribution in [3.05, 3.63) is 40.8 Å². The predicted molar refractivity (Wildman–Crippen MR) is 83.7 cm³/mol. The lowest BCUT2D eigenvalue weighted by Crippen LogP contribution is -2.18. The zero-order chi connectivity index (χ0) is 15.1. The lowest BCUT2D eigenvalue weighted by atomic mass is 10.2.